The normalized spacial score (nSPS) is 12.2. The minimum Gasteiger partial charge on any atom is -0.467 e. The van der Waals surface area contributed by atoms with E-state index in [4.69, 9.17) is 4.42 Å². The number of benzene rings is 2. The van der Waals surface area contributed by atoms with Gasteiger partial charge in [-0.15, -0.1) is 0 Å². The summed E-state index contributed by atoms with van der Waals surface area (Å²) in [6, 6.07) is 23.3. The molecule has 0 aliphatic carbocycles. The van der Waals surface area contributed by atoms with E-state index in [1.54, 1.807) is 6.26 Å². The van der Waals surface area contributed by atoms with Gasteiger partial charge in [-0.05, 0) is 35.2 Å². The van der Waals surface area contributed by atoms with Crippen molar-refractivity contribution in [2.75, 3.05) is 0 Å². The van der Waals surface area contributed by atoms with E-state index < -0.39 is 0 Å². The highest BCUT2D eigenvalue weighted by molar-refractivity contribution is 5.83. The van der Waals surface area contributed by atoms with Crippen LogP contribution in [-0.4, -0.2) is 10.5 Å². The number of hydrogen-bond acceptors (Lipinski definition) is 2. The number of carbonyl (C=O) groups is 1. The summed E-state index contributed by atoms with van der Waals surface area (Å²) in [7, 11) is 0. The summed E-state index contributed by atoms with van der Waals surface area (Å²) >= 11 is 0. The molecule has 4 aromatic rings. The summed E-state index contributed by atoms with van der Waals surface area (Å²) < 4.78 is 7.49. The molecule has 4 heteroatoms. The largest absolute Gasteiger partial charge is 0.467 e. The highest BCUT2D eigenvalue weighted by Crippen LogP contribution is 2.22. The Morgan fingerprint density at radius 1 is 0.960 bits per heavy atom. The van der Waals surface area contributed by atoms with Gasteiger partial charge >= 0.3 is 0 Å². The van der Waals surface area contributed by atoms with Gasteiger partial charge in [0.1, 0.15) is 18.3 Å². The molecule has 0 radical (unpaired) electrons. The van der Waals surface area contributed by atoms with E-state index in [9.17, 15) is 4.79 Å². The first-order chi connectivity index (χ1) is 12.3. The molecule has 4 nitrogen and oxygen atoms in total. The average Bonchev–Trinajstić information content (AvgIpc) is 3.31. The third-order valence-corrected chi connectivity index (χ3v) is 4.26. The van der Waals surface area contributed by atoms with Gasteiger partial charge < -0.3 is 14.3 Å². The maximum Gasteiger partial charge on any atom is 0.240 e. The fourth-order valence-corrected chi connectivity index (χ4v) is 3.06. The lowest BCUT2D eigenvalue weighted by Crippen LogP contribution is -2.31. The molecule has 0 aliphatic rings. The molecule has 0 spiro atoms. The molecule has 2 aromatic carbocycles. The summed E-state index contributed by atoms with van der Waals surface area (Å²) in [4.78, 5) is 12.7. The van der Waals surface area contributed by atoms with Crippen molar-refractivity contribution >= 4 is 16.8 Å². The Kier molecular flexibility index (Phi) is 4.09. The summed E-state index contributed by atoms with van der Waals surface area (Å²) in [5.74, 6) is 0.656. The third kappa shape index (κ3) is 3.19. The number of para-hydroxylation sites is 1. The second-order valence-corrected chi connectivity index (χ2v) is 5.93. The van der Waals surface area contributed by atoms with Crippen LogP contribution in [0.25, 0.3) is 10.9 Å². The van der Waals surface area contributed by atoms with Gasteiger partial charge in [-0.3, -0.25) is 4.79 Å². The molecule has 0 saturated carbocycles. The standard InChI is InChI=1S/C21H18N2O2/c24-20(15-23-13-12-16-7-4-5-10-18(16)23)22-21(19-11-6-14-25-19)17-8-2-1-3-9-17/h1-14,21H,15H2,(H,22,24). The van der Waals surface area contributed by atoms with Crippen LogP contribution in [0, 0.1) is 0 Å². The van der Waals surface area contributed by atoms with Gasteiger partial charge in [0.15, 0.2) is 0 Å². The second kappa shape index (κ2) is 6.69. The van der Waals surface area contributed by atoms with Gasteiger partial charge in [0.2, 0.25) is 5.91 Å². The summed E-state index contributed by atoms with van der Waals surface area (Å²) in [6.07, 6.45) is 3.56. The monoisotopic (exact) mass is 330 g/mol. The minimum absolute atomic E-state index is 0.0633. The van der Waals surface area contributed by atoms with Crippen LogP contribution in [0.15, 0.2) is 89.7 Å². The van der Waals surface area contributed by atoms with E-state index in [0.717, 1.165) is 22.2 Å². The van der Waals surface area contributed by atoms with Crippen LogP contribution in [0.3, 0.4) is 0 Å². The van der Waals surface area contributed by atoms with Gasteiger partial charge in [-0.2, -0.15) is 0 Å². The quantitative estimate of drug-likeness (QED) is 0.598. The molecule has 1 amide bonds. The van der Waals surface area contributed by atoms with Crippen LogP contribution in [0.1, 0.15) is 17.4 Å². The zero-order valence-electron chi connectivity index (χ0n) is 13.6. The van der Waals surface area contributed by atoms with Crippen molar-refractivity contribution in [1.29, 1.82) is 0 Å². The maximum atomic E-state index is 12.7. The maximum absolute atomic E-state index is 12.7. The minimum atomic E-state index is -0.300. The predicted molar refractivity (Wildman–Crippen MR) is 97.1 cm³/mol. The van der Waals surface area contributed by atoms with Crippen LogP contribution >= 0.6 is 0 Å². The Labute approximate surface area is 145 Å². The first kappa shape index (κ1) is 15.3. The smallest absolute Gasteiger partial charge is 0.240 e. The summed E-state index contributed by atoms with van der Waals surface area (Å²) in [5.41, 5.74) is 2.04. The number of carbonyl (C=O) groups excluding carboxylic acids is 1. The zero-order valence-corrected chi connectivity index (χ0v) is 13.6. The highest BCUT2D eigenvalue weighted by atomic mass is 16.3. The van der Waals surface area contributed by atoms with Crippen LogP contribution in [0.4, 0.5) is 0 Å². The Balaban J connectivity index is 1.57. The van der Waals surface area contributed by atoms with E-state index in [0.29, 0.717) is 0 Å². The predicted octanol–water partition coefficient (Wildman–Crippen LogP) is 4.14. The molecule has 2 heterocycles. The fraction of sp³-hybridized carbons (Fsp3) is 0.0952. The third-order valence-electron chi connectivity index (χ3n) is 4.26. The number of aromatic nitrogens is 1. The number of hydrogen-bond donors (Lipinski definition) is 1. The molecular weight excluding hydrogens is 312 g/mol. The Morgan fingerprint density at radius 3 is 2.56 bits per heavy atom. The molecule has 25 heavy (non-hydrogen) atoms. The van der Waals surface area contributed by atoms with Crippen LogP contribution in [-0.2, 0) is 11.3 Å². The number of rotatable bonds is 5. The van der Waals surface area contributed by atoms with Crippen molar-refractivity contribution in [3.05, 3.63) is 96.6 Å². The zero-order chi connectivity index (χ0) is 17.1. The van der Waals surface area contributed by atoms with Crippen molar-refractivity contribution in [1.82, 2.24) is 9.88 Å². The lowest BCUT2D eigenvalue weighted by Gasteiger charge is -2.17. The highest BCUT2D eigenvalue weighted by Gasteiger charge is 2.19. The Hall–Kier alpha value is -3.27. The van der Waals surface area contributed by atoms with E-state index in [2.05, 4.69) is 5.32 Å². The number of fused-ring (bicyclic) bond motifs is 1. The molecule has 0 fully saturated rings. The second-order valence-electron chi connectivity index (χ2n) is 5.93. The first-order valence-electron chi connectivity index (χ1n) is 8.23. The van der Waals surface area contributed by atoms with Crippen molar-refractivity contribution in [2.24, 2.45) is 0 Å². The van der Waals surface area contributed by atoms with Gasteiger partial charge in [-0.1, -0.05) is 48.5 Å². The number of furan rings is 1. The number of nitrogens with one attached hydrogen (secondary N) is 1. The van der Waals surface area contributed by atoms with Gasteiger partial charge in [0.25, 0.3) is 0 Å². The SMILES string of the molecule is O=C(Cn1ccc2ccccc21)NC(c1ccccc1)c1ccco1. The Bertz CT molecular complexity index is 971. The van der Waals surface area contributed by atoms with Gasteiger partial charge in [0.05, 0.1) is 6.26 Å². The van der Waals surface area contributed by atoms with Crippen molar-refractivity contribution in [2.45, 2.75) is 12.6 Å². The number of amides is 1. The van der Waals surface area contributed by atoms with Crippen molar-refractivity contribution in [3.63, 3.8) is 0 Å². The molecule has 1 unspecified atom stereocenters. The van der Waals surface area contributed by atoms with E-state index in [1.165, 1.54) is 0 Å². The lowest BCUT2D eigenvalue weighted by atomic mass is 10.0. The molecule has 2 aromatic heterocycles. The molecular formula is C21H18N2O2. The van der Waals surface area contributed by atoms with Gasteiger partial charge in [-0.25, -0.2) is 0 Å². The Morgan fingerprint density at radius 2 is 1.76 bits per heavy atom. The first-order valence-corrected chi connectivity index (χ1v) is 8.23. The molecule has 4 rings (SSSR count). The van der Waals surface area contributed by atoms with E-state index in [1.807, 2.05) is 83.6 Å². The lowest BCUT2D eigenvalue weighted by molar-refractivity contribution is -0.122. The van der Waals surface area contributed by atoms with Crippen molar-refractivity contribution < 1.29 is 9.21 Å². The average molecular weight is 330 g/mol. The van der Waals surface area contributed by atoms with Crippen LogP contribution in [0.2, 0.25) is 0 Å². The van der Waals surface area contributed by atoms with E-state index in [-0.39, 0.29) is 18.5 Å². The topological polar surface area (TPSA) is 47.2 Å². The van der Waals surface area contributed by atoms with E-state index >= 15 is 0 Å². The van der Waals surface area contributed by atoms with Crippen molar-refractivity contribution in [3.8, 4) is 0 Å². The number of nitrogens with zero attached hydrogens (tertiary/aromatic N) is 1. The van der Waals surface area contributed by atoms with Crippen LogP contribution < -0.4 is 5.32 Å². The fourth-order valence-electron chi connectivity index (χ4n) is 3.06. The molecule has 124 valence electrons. The molecule has 0 aliphatic heterocycles. The molecule has 1 atom stereocenters. The summed E-state index contributed by atoms with van der Waals surface area (Å²) in [5, 5.41) is 4.21. The molecule has 1 N–H and O–H groups in total. The summed E-state index contributed by atoms with van der Waals surface area (Å²) in [6.45, 7) is 0.261. The molecule has 0 bridgehead atoms. The molecule has 0 saturated heterocycles. The van der Waals surface area contributed by atoms with Gasteiger partial charge in [0, 0.05) is 11.7 Å². The van der Waals surface area contributed by atoms with Crippen LogP contribution in [0.5, 0.6) is 0 Å².